The molecule has 0 saturated carbocycles. The summed E-state index contributed by atoms with van der Waals surface area (Å²) in [5.41, 5.74) is 6.96. The first kappa shape index (κ1) is 19.4. The molecule has 1 aromatic heterocycles. The molecule has 4 N–H and O–H groups in total. The van der Waals surface area contributed by atoms with Gasteiger partial charge in [-0.1, -0.05) is 23.5 Å². The molecule has 29 heavy (non-hydrogen) atoms. The van der Waals surface area contributed by atoms with Crippen LogP contribution in [0.4, 0.5) is 21.0 Å². The number of halogens is 1. The molecule has 2 aromatic carbocycles. The van der Waals surface area contributed by atoms with E-state index in [1.165, 1.54) is 24.6 Å². The highest BCUT2D eigenvalue weighted by Gasteiger charge is 2.19. The van der Waals surface area contributed by atoms with Crippen molar-refractivity contribution in [1.29, 1.82) is 0 Å². The maximum absolute atomic E-state index is 13.4. The molecular formula is C21H21FN4O2S. The minimum atomic E-state index is -0.469. The second kappa shape index (κ2) is 8.59. The van der Waals surface area contributed by atoms with Crippen LogP contribution in [-0.2, 0) is 0 Å². The van der Waals surface area contributed by atoms with Gasteiger partial charge in [-0.2, -0.15) is 0 Å². The first-order valence-corrected chi connectivity index (χ1v) is 10.2. The Bertz CT molecular complexity index is 1000. The minimum Gasteiger partial charge on any atom is -0.492 e. The molecular weight excluding hydrogens is 391 g/mol. The number of hydrogen-bond donors (Lipinski definition) is 3. The average molecular weight is 412 g/mol. The Morgan fingerprint density at radius 1 is 1.31 bits per heavy atom. The van der Waals surface area contributed by atoms with Gasteiger partial charge in [0.2, 0.25) is 5.78 Å². The normalized spacial score (nSPS) is 16.0. The van der Waals surface area contributed by atoms with Crippen LogP contribution in [0.2, 0.25) is 0 Å². The number of rotatable bonds is 7. The second-order valence-corrected chi connectivity index (χ2v) is 7.83. The first-order chi connectivity index (χ1) is 14.1. The third kappa shape index (κ3) is 4.72. The van der Waals surface area contributed by atoms with E-state index in [0.717, 1.165) is 35.7 Å². The molecule has 3 aromatic rings. The molecule has 1 aliphatic heterocycles. The van der Waals surface area contributed by atoms with E-state index in [0.29, 0.717) is 17.8 Å². The minimum absolute atomic E-state index is 0.121. The van der Waals surface area contributed by atoms with Crippen LogP contribution >= 0.6 is 11.3 Å². The van der Waals surface area contributed by atoms with E-state index < -0.39 is 5.82 Å². The molecule has 8 heteroatoms. The SMILES string of the molecule is Nc1nc(Nc2ccc(OCC3CCCN3)cc2)sc1C(=O)c1cccc(F)c1. The van der Waals surface area contributed by atoms with E-state index in [1.54, 1.807) is 6.07 Å². The molecule has 1 unspecified atom stereocenters. The van der Waals surface area contributed by atoms with Crippen molar-refractivity contribution in [3.8, 4) is 5.75 Å². The van der Waals surface area contributed by atoms with Crippen molar-refractivity contribution in [3.05, 3.63) is 64.8 Å². The van der Waals surface area contributed by atoms with Crippen molar-refractivity contribution in [2.45, 2.75) is 18.9 Å². The summed E-state index contributed by atoms with van der Waals surface area (Å²) in [4.78, 5) is 17.1. The van der Waals surface area contributed by atoms with Crippen molar-refractivity contribution < 1.29 is 13.9 Å². The van der Waals surface area contributed by atoms with Gasteiger partial charge in [0.15, 0.2) is 5.13 Å². The van der Waals surface area contributed by atoms with E-state index in [9.17, 15) is 9.18 Å². The Labute approximate surface area is 171 Å². The third-order valence-electron chi connectivity index (χ3n) is 4.67. The van der Waals surface area contributed by atoms with Gasteiger partial charge in [-0.25, -0.2) is 9.37 Å². The largest absolute Gasteiger partial charge is 0.492 e. The summed E-state index contributed by atoms with van der Waals surface area (Å²) in [6, 6.07) is 13.5. The summed E-state index contributed by atoms with van der Waals surface area (Å²) in [6.45, 7) is 1.71. The molecule has 1 fully saturated rings. The van der Waals surface area contributed by atoms with E-state index in [-0.39, 0.29) is 22.0 Å². The number of carbonyl (C=O) groups is 1. The summed E-state index contributed by atoms with van der Waals surface area (Å²) in [7, 11) is 0. The van der Waals surface area contributed by atoms with Gasteiger partial charge in [0.1, 0.15) is 28.9 Å². The number of aromatic nitrogens is 1. The van der Waals surface area contributed by atoms with Gasteiger partial charge in [-0.3, -0.25) is 4.79 Å². The third-order valence-corrected chi connectivity index (χ3v) is 5.65. The van der Waals surface area contributed by atoms with Crippen LogP contribution in [0, 0.1) is 5.82 Å². The van der Waals surface area contributed by atoms with Gasteiger partial charge in [-0.05, 0) is 55.8 Å². The molecule has 2 heterocycles. The molecule has 150 valence electrons. The smallest absolute Gasteiger partial charge is 0.206 e. The van der Waals surface area contributed by atoms with Crippen LogP contribution < -0.4 is 21.1 Å². The van der Waals surface area contributed by atoms with Crippen LogP contribution in [0.25, 0.3) is 0 Å². The lowest BCUT2D eigenvalue weighted by Crippen LogP contribution is -2.28. The molecule has 0 spiro atoms. The zero-order chi connectivity index (χ0) is 20.2. The Hall–Kier alpha value is -2.97. The predicted molar refractivity (Wildman–Crippen MR) is 113 cm³/mol. The van der Waals surface area contributed by atoms with Crippen molar-refractivity contribution in [2.24, 2.45) is 0 Å². The summed E-state index contributed by atoms with van der Waals surface area (Å²) in [5.74, 6) is 0.0979. The molecule has 0 bridgehead atoms. The second-order valence-electron chi connectivity index (χ2n) is 6.83. The lowest BCUT2D eigenvalue weighted by atomic mass is 10.1. The number of anilines is 3. The van der Waals surface area contributed by atoms with Crippen LogP contribution in [0.3, 0.4) is 0 Å². The number of carbonyl (C=O) groups excluding carboxylic acids is 1. The van der Waals surface area contributed by atoms with E-state index in [4.69, 9.17) is 10.5 Å². The van der Waals surface area contributed by atoms with Crippen LogP contribution in [0.1, 0.15) is 28.1 Å². The number of nitrogens with zero attached hydrogens (tertiary/aromatic N) is 1. The van der Waals surface area contributed by atoms with Crippen molar-refractivity contribution in [1.82, 2.24) is 10.3 Å². The molecule has 1 aliphatic rings. The zero-order valence-electron chi connectivity index (χ0n) is 15.7. The summed E-state index contributed by atoms with van der Waals surface area (Å²) >= 11 is 1.14. The highest BCUT2D eigenvalue weighted by Crippen LogP contribution is 2.30. The van der Waals surface area contributed by atoms with Crippen LogP contribution in [0.5, 0.6) is 5.75 Å². The van der Waals surface area contributed by atoms with Gasteiger partial charge in [0.05, 0.1) is 0 Å². The fraction of sp³-hybridized carbons (Fsp3) is 0.238. The number of hydrogen-bond acceptors (Lipinski definition) is 7. The monoisotopic (exact) mass is 412 g/mol. The number of nitrogens with two attached hydrogens (primary N) is 1. The Morgan fingerprint density at radius 2 is 2.14 bits per heavy atom. The van der Waals surface area contributed by atoms with Crippen molar-refractivity contribution in [2.75, 3.05) is 24.2 Å². The van der Waals surface area contributed by atoms with Crippen LogP contribution in [0.15, 0.2) is 48.5 Å². The van der Waals surface area contributed by atoms with Gasteiger partial charge in [0, 0.05) is 17.3 Å². The topological polar surface area (TPSA) is 89.3 Å². The Morgan fingerprint density at radius 3 is 2.86 bits per heavy atom. The number of nitrogen functional groups attached to an aromatic ring is 1. The molecule has 1 atom stereocenters. The molecule has 0 amide bonds. The number of ketones is 1. The number of ether oxygens (including phenoxy) is 1. The van der Waals surface area contributed by atoms with Gasteiger partial charge < -0.3 is 21.1 Å². The van der Waals surface area contributed by atoms with E-state index in [1.807, 2.05) is 24.3 Å². The van der Waals surface area contributed by atoms with Gasteiger partial charge in [0.25, 0.3) is 0 Å². The standard InChI is InChI=1S/C21H21FN4O2S/c22-14-4-1-3-13(11-14)18(27)19-20(23)26-21(29-19)25-15-6-8-17(9-7-15)28-12-16-5-2-10-24-16/h1,3-4,6-9,11,16,24H,2,5,10,12,23H2,(H,25,26). The summed E-state index contributed by atoms with van der Waals surface area (Å²) < 4.78 is 19.2. The summed E-state index contributed by atoms with van der Waals surface area (Å²) in [6.07, 6.45) is 2.33. The Balaban J connectivity index is 1.40. The highest BCUT2D eigenvalue weighted by molar-refractivity contribution is 7.18. The van der Waals surface area contributed by atoms with Gasteiger partial charge in [-0.15, -0.1) is 0 Å². The van der Waals surface area contributed by atoms with Crippen molar-refractivity contribution in [3.63, 3.8) is 0 Å². The van der Waals surface area contributed by atoms with Crippen LogP contribution in [-0.4, -0.2) is 30.0 Å². The quantitative estimate of drug-likeness (QED) is 0.509. The van der Waals surface area contributed by atoms with Gasteiger partial charge >= 0.3 is 0 Å². The lowest BCUT2D eigenvalue weighted by Gasteiger charge is -2.12. The summed E-state index contributed by atoms with van der Waals surface area (Å²) in [5, 5.41) is 7.03. The molecule has 1 saturated heterocycles. The first-order valence-electron chi connectivity index (χ1n) is 9.38. The predicted octanol–water partition coefficient (Wildman–Crippen LogP) is 3.97. The molecule has 6 nitrogen and oxygen atoms in total. The zero-order valence-corrected chi connectivity index (χ0v) is 16.5. The van der Waals surface area contributed by atoms with Crippen molar-refractivity contribution >= 4 is 33.8 Å². The lowest BCUT2D eigenvalue weighted by molar-refractivity contribution is 0.104. The molecule has 4 rings (SSSR count). The van der Waals surface area contributed by atoms with E-state index >= 15 is 0 Å². The fourth-order valence-electron chi connectivity index (χ4n) is 3.16. The number of thiazole rings is 1. The maximum atomic E-state index is 13.4. The average Bonchev–Trinajstić information content (AvgIpc) is 3.36. The Kier molecular flexibility index (Phi) is 5.73. The molecule has 0 radical (unpaired) electrons. The molecule has 0 aliphatic carbocycles. The number of nitrogens with one attached hydrogen (secondary N) is 2. The fourth-order valence-corrected chi connectivity index (χ4v) is 4.03. The van der Waals surface area contributed by atoms with E-state index in [2.05, 4.69) is 15.6 Å². The highest BCUT2D eigenvalue weighted by atomic mass is 32.1. The number of benzene rings is 2. The maximum Gasteiger partial charge on any atom is 0.206 e.